The first-order chi connectivity index (χ1) is 8.41. The molecule has 0 saturated heterocycles. The Morgan fingerprint density at radius 1 is 1.11 bits per heavy atom. The first kappa shape index (κ1) is 15.0. The maximum absolute atomic E-state index is 12.2. The maximum Gasteiger partial charge on any atom is 0.305 e. The zero-order valence-corrected chi connectivity index (χ0v) is 11.5. The lowest BCUT2D eigenvalue weighted by molar-refractivity contribution is -0.139. The maximum atomic E-state index is 12.2. The normalized spacial score (nSPS) is 18.8. The SMILES string of the molecule is CC(C)(CC(=O)O)NC(=O)C1CCCCCCC1. The molecular weight excluding hydrogens is 230 g/mol. The molecule has 0 aromatic rings. The molecule has 4 nitrogen and oxygen atoms in total. The number of carbonyl (C=O) groups excluding carboxylic acids is 1. The molecule has 2 N–H and O–H groups in total. The molecule has 1 aliphatic carbocycles. The number of carbonyl (C=O) groups is 2. The van der Waals surface area contributed by atoms with Crippen LogP contribution in [0.15, 0.2) is 0 Å². The highest BCUT2D eigenvalue weighted by Gasteiger charge is 2.27. The van der Waals surface area contributed by atoms with Crippen LogP contribution in [0.3, 0.4) is 0 Å². The van der Waals surface area contributed by atoms with Crippen LogP contribution in [0.1, 0.15) is 65.2 Å². The van der Waals surface area contributed by atoms with E-state index in [-0.39, 0.29) is 18.2 Å². The molecule has 18 heavy (non-hydrogen) atoms. The summed E-state index contributed by atoms with van der Waals surface area (Å²) in [6.45, 7) is 3.53. The van der Waals surface area contributed by atoms with Gasteiger partial charge in [0.05, 0.1) is 6.42 Å². The van der Waals surface area contributed by atoms with Gasteiger partial charge in [0.1, 0.15) is 0 Å². The zero-order chi connectivity index (χ0) is 13.6. The average molecular weight is 255 g/mol. The van der Waals surface area contributed by atoms with Gasteiger partial charge in [-0.05, 0) is 26.7 Å². The quantitative estimate of drug-likeness (QED) is 0.811. The van der Waals surface area contributed by atoms with E-state index in [0.29, 0.717) is 0 Å². The van der Waals surface area contributed by atoms with Gasteiger partial charge in [0.15, 0.2) is 0 Å². The number of carboxylic acid groups (broad SMARTS) is 1. The van der Waals surface area contributed by atoms with Crippen LogP contribution in [0.25, 0.3) is 0 Å². The Kier molecular flexibility index (Phi) is 5.63. The Bertz CT molecular complexity index is 291. The van der Waals surface area contributed by atoms with Crippen LogP contribution in [-0.4, -0.2) is 22.5 Å². The second-order valence-corrected chi connectivity index (χ2v) is 5.99. The van der Waals surface area contributed by atoms with Crippen molar-refractivity contribution in [2.24, 2.45) is 5.92 Å². The molecular formula is C14H25NO3. The average Bonchev–Trinajstić information content (AvgIpc) is 2.12. The van der Waals surface area contributed by atoms with Crippen LogP contribution in [0.5, 0.6) is 0 Å². The molecule has 104 valence electrons. The van der Waals surface area contributed by atoms with Crippen molar-refractivity contribution in [2.45, 2.75) is 70.8 Å². The number of hydrogen-bond donors (Lipinski definition) is 2. The molecule has 0 heterocycles. The third kappa shape index (κ3) is 5.52. The molecule has 0 atom stereocenters. The van der Waals surface area contributed by atoms with Crippen LogP contribution < -0.4 is 5.32 Å². The van der Waals surface area contributed by atoms with Crippen LogP contribution in [0, 0.1) is 5.92 Å². The molecule has 0 spiro atoms. The van der Waals surface area contributed by atoms with Gasteiger partial charge >= 0.3 is 5.97 Å². The van der Waals surface area contributed by atoms with Gasteiger partial charge < -0.3 is 10.4 Å². The number of aliphatic carboxylic acids is 1. The summed E-state index contributed by atoms with van der Waals surface area (Å²) in [5.74, 6) is -0.778. The Balaban J connectivity index is 2.49. The molecule has 1 rings (SSSR count). The summed E-state index contributed by atoms with van der Waals surface area (Å²) in [6.07, 6.45) is 7.76. The van der Waals surface area contributed by atoms with E-state index in [1.807, 2.05) is 0 Å². The number of rotatable bonds is 4. The minimum atomic E-state index is -0.877. The van der Waals surface area contributed by atoms with Gasteiger partial charge in [-0.1, -0.05) is 32.1 Å². The lowest BCUT2D eigenvalue weighted by atomic mass is 9.89. The van der Waals surface area contributed by atoms with Crippen LogP contribution >= 0.6 is 0 Å². The first-order valence-corrected chi connectivity index (χ1v) is 6.94. The number of carboxylic acids is 1. The minimum absolute atomic E-state index is 0.0307. The van der Waals surface area contributed by atoms with Crippen LogP contribution in [0.4, 0.5) is 0 Å². The number of nitrogens with one attached hydrogen (secondary N) is 1. The highest BCUT2D eigenvalue weighted by atomic mass is 16.4. The van der Waals surface area contributed by atoms with Gasteiger partial charge in [-0.15, -0.1) is 0 Å². The Labute approximate surface area is 109 Å². The molecule has 1 amide bonds. The largest absolute Gasteiger partial charge is 0.481 e. The molecule has 0 unspecified atom stereocenters. The molecule has 1 saturated carbocycles. The summed E-state index contributed by atoms with van der Waals surface area (Å²) in [4.78, 5) is 22.9. The second kappa shape index (κ2) is 6.76. The van der Waals surface area contributed by atoms with E-state index in [9.17, 15) is 9.59 Å². The van der Waals surface area contributed by atoms with Gasteiger partial charge in [0.2, 0.25) is 5.91 Å². The van der Waals surface area contributed by atoms with Crippen molar-refractivity contribution in [2.75, 3.05) is 0 Å². The summed E-state index contributed by atoms with van der Waals surface area (Å²) < 4.78 is 0. The summed E-state index contributed by atoms with van der Waals surface area (Å²) >= 11 is 0. The predicted octanol–water partition coefficient (Wildman–Crippen LogP) is 2.72. The fourth-order valence-electron chi connectivity index (χ4n) is 2.58. The third-order valence-corrected chi connectivity index (χ3v) is 3.53. The van der Waals surface area contributed by atoms with Crippen molar-refractivity contribution in [3.05, 3.63) is 0 Å². The Hall–Kier alpha value is -1.06. The lowest BCUT2D eigenvalue weighted by Gasteiger charge is -2.28. The molecule has 0 radical (unpaired) electrons. The van der Waals surface area contributed by atoms with Crippen molar-refractivity contribution in [1.82, 2.24) is 5.32 Å². The first-order valence-electron chi connectivity index (χ1n) is 6.94. The van der Waals surface area contributed by atoms with Crippen molar-refractivity contribution in [3.8, 4) is 0 Å². The highest BCUT2D eigenvalue weighted by Crippen LogP contribution is 2.23. The Morgan fingerprint density at radius 2 is 1.61 bits per heavy atom. The molecule has 0 bridgehead atoms. The molecule has 0 aliphatic heterocycles. The van der Waals surface area contributed by atoms with E-state index in [1.54, 1.807) is 13.8 Å². The fourth-order valence-corrected chi connectivity index (χ4v) is 2.58. The van der Waals surface area contributed by atoms with Crippen molar-refractivity contribution in [3.63, 3.8) is 0 Å². The fraction of sp³-hybridized carbons (Fsp3) is 0.857. The predicted molar refractivity (Wildman–Crippen MR) is 70.3 cm³/mol. The van der Waals surface area contributed by atoms with Gasteiger partial charge in [-0.3, -0.25) is 9.59 Å². The standard InChI is InChI=1S/C14H25NO3/c1-14(2,10-12(16)17)15-13(18)11-8-6-4-3-5-7-9-11/h11H,3-10H2,1-2H3,(H,15,18)(H,16,17). The molecule has 1 aliphatic rings. The minimum Gasteiger partial charge on any atom is -0.481 e. The summed E-state index contributed by atoms with van der Waals surface area (Å²) in [5.41, 5.74) is -0.661. The van der Waals surface area contributed by atoms with Gasteiger partial charge in [0, 0.05) is 11.5 Å². The van der Waals surface area contributed by atoms with Crippen molar-refractivity contribution >= 4 is 11.9 Å². The van der Waals surface area contributed by atoms with Crippen LogP contribution in [-0.2, 0) is 9.59 Å². The van der Waals surface area contributed by atoms with Gasteiger partial charge in [0.25, 0.3) is 0 Å². The number of amides is 1. The van der Waals surface area contributed by atoms with E-state index < -0.39 is 11.5 Å². The van der Waals surface area contributed by atoms with E-state index in [4.69, 9.17) is 5.11 Å². The molecule has 0 aromatic heterocycles. The number of hydrogen-bond acceptors (Lipinski definition) is 2. The summed E-state index contributed by atoms with van der Waals surface area (Å²) in [5, 5.41) is 11.7. The van der Waals surface area contributed by atoms with E-state index in [1.165, 1.54) is 19.3 Å². The van der Waals surface area contributed by atoms with Gasteiger partial charge in [-0.25, -0.2) is 0 Å². The lowest BCUT2D eigenvalue weighted by Crippen LogP contribution is -2.47. The third-order valence-electron chi connectivity index (χ3n) is 3.53. The van der Waals surface area contributed by atoms with E-state index in [2.05, 4.69) is 5.32 Å². The highest BCUT2D eigenvalue weighted by molar-refractivity contribution is 5.80. The van der Waals surface area contributed by atoms with E-state index >= 15 is 0 Å². The monoisotopic (exact) mass is 255 g/mol. The second-order valence-electron chi connectivity index (χ2n) is 5.99. The van der Waals surface area contributed by atoms with Crippen molar-refractivity contribution in [1.29, 1.82) is 0 Å². The molecule has 4 heteroatoms. The van der Waals surface area contributed by atoms with E-state index in [0.717, 1.165) is 25.7 Å². The molecule has 1 fully saturated rings. The van der Waals surface area contributed by atoms with Crippen LogP contribution in [0.2, 0.25) is 0 Å². The zero-order valence-electron chi connectivity index (χ0n) is 11.5. The Morgan fingerprint density at radius 3 is 2.11 bits per heavy atom. The topological polar surface area (TPSA) is 66.4 Å². The van der Waals surface area contributed by atoms with Gasteiger partial charge in [-0.2, -0.15) is 0 Å². The summed E-state index contributed by atoms with van der Waals surface area (Å²) in [6, 6.07) is 0. The van der Waals surface area contributed by atoms with Crippen molar-refractivity contribution < 1.29 is 14.7 Å². The molecule has 0 aromatic carbocycles. The summed E-state index contributed by atoms with van der Waals surface area (Å²) in [7, 11) is 0. The smallest absolute Gasteiger partial charge is 0.305 e.